The summed E-state index contributed by atoms with van der Waals surface area (Å²) in [6.07, 6.45) is 2.86. The maximum Gasteiger partial charge on any atom is 0.115 e. The molecule has 0 radical (unpaired) electrons. The number of thiazole rings is 1. The smallest absolute Gasteiger partial charge is 0.115 e. The molecule has 0 amide bonds. The molecule has 3 nitrogen and oxygen atoms in total. The van der Waals surface area contributed by atoms with E-state index in [1.54, 1.807) is 23.5 Å². The predicted octanol–water partition coefficient (Wildman–Crippen LogP) is 2.88. The van der Waals surface area contributed by atoms with E-state index in [-0.39, 0.29) is 0 Å². The van der Waals surface area contributed by atoms with Crippen LogP contribution in [0.4, 0.5) is 0 Å². The fraction of sp³-hybridized carbons (Fsp3) is 0.357. The van der Waals surface area contributed by atoms with Crippen molar-refractivity contribution in [1.82, 2.24) is 10.3 Å². The van der Waals surface area contributed by atoms with Gasteiger partial charge in [-0.25, -0.2) is 4.98 Å². The lowest BCUT2D eigenvalue weighted by Crippen LogP contribution is -2.27. The van der Waals surface area contributed by atoms with Crippen LogP contribution < -0.4 is 5.32 Å². The number of aromatic nitrogens is 1. The number of phenols is 1. The molecule has 1 aromatic heterocycles. The van der Waals surface area contributed by atoms with Gasteiger partial charge in [0.15, 0.2) is 0 Å². The van der Waals surface area contributed by atoms with Gasteiger partial charge in [-0.15, -0.1) is 11.3 Å². The summed E-state index contributed by atoms with van der Waals surface area (Å²) in [6.45, 7) is 5.05. The van der Waals surface area contributed by atoms with Crippen LogP contribution in [0.3, 0.4) is 0 Å². The molecule has 2 rings (SSSR count). The average Bonchev–Trinajstić information content (AvgIpc) is 2.76. The van der Waals surface area contributed by atoms with Crippen LogP contribution >= 0.6 is 11.3 Å². The van der Waals surface area contributed by atoms with E-state index in [4.69, 9.17) is 0 Å². The maximum atomic E-state index is 9.22. The molecule has 0 fully saturated rings. The minimum absolute atomic E-state index is 0.317. The minimum Gasteiger partial charge on any atom is -0.508 e. The largest absolute Gasteiger partial charge is 0.508 e. The van der Waals surface area contributed by atoms with Gasteiger partial charge in [0, 0.05) is 23.7 Å². The molecule has 1 atom stereocenters. The molecule has 0 aliphatic carbocycles. The van der Waals surface area contributed by atoms with Crippen molar-refractivity contribution < 1.29 is 5.11 Å². The normalized spacial score (nSPS) is 12.6. The molecule has 2 aromatic rings. The van der Waals surface area contributed by atoms with Crippen LogP contribution in [0.5, 0.6) is 5.75 Å². The van der Waals surface area contributed by atoms with E-state index in [0.717, 1.165) is 18.0 Å². The molecule has 0 saturated heterocycles. The van der Waals surface area contributed by atoms with Gasteiger partial charge in [0.05, 0.1) is 0 Å². The Morgan fingerprint density at radius 1 is 1.33 bits per heavy atom. The molecule has 1 unspecified atom stereocenters. The Balaban J connectivity index is 1.81. The number of benzene rings is 1. The fourth-order valence-electron chi connectivity index (χ4n) is 1.80. The number of rotatable bonds is 5. The summed E-state index contributed by atoms with van der Waals surface area (Å²) >= 11 is 1.73. The highest BCUT2D eigenvalue weighted by atomic mass is 32.1. The predicted molar refractivity (Wildman–Crippen MR) is 75.0 cm³/mol. The van der Waals surface area contributed by atoms with E-state index in [9.17, 15) is 5.11 Å². The van der Waals surface area contributed by atoms with Crippen LogP contribution in [-0.4, -0.2) is 16.1 Å². The van der Waals surface area contributed by atoms with E-state index in [1.165, 1.54) is 10.4 Å². The zero-order valence-electron chi connectivity index (χ0n) is 10.7. The lowest BCUT2D eigenvalue weighted by Gasteiger charge is -2.12. The molecule has 1 heterocycles. The Morgan fingerprint density at radius 3 is 2.67 bits per heavy atom. The van der Waals surface area contributed by atoms with Gasteiger partial charge in [-0.1, -0.05) is 12.1 Å². The summed E-state index contributed by atoms with van der Waals surface area (Å²) in [5.41, 5.74) is 1.23. The molecule has 0 spiro atoms. The Kier molecular flexibility index (Phi) is 4.33. The van der Waals surface area contributed by atoms with Crippen LogP contribution in [0.1, 0.15) is 22.4 Å². The van der Waals surface area contributed by atoms with Gasteiger partial charge in [-0.2, -0.15) is 0 Å². The van der Waals surface area contributed by atoms with Gasteiger partial charge in [0.25, 0.3) is 0 Å². The summed E-state index contributed by atoms with van der Waals surface area (Å²) in [5.74, 6) is 0.317. The first-order valence-electron chi connectivity index (χ1n) is 6.06. The topological polar surface area (TPSA) is 45.2 Å². The van der Waals surface area contributed by atoms with Crippen LogP contribution in [0.2, 0.25) is 0 Å². The third kappa shape index (κ3) is 3.82. The third-order valence-electron chi connectivity index (χ3n) is 2.75. The molecule has 1 aromatic carbocycles. The number of nitrogens with one attached hydrogen (secondary N) is 1. The number of hydrogen-bond acceptors (Lipinski definition) is 4. The van der Waals surface area contributed by atoms with E-state index in [1.807, 2.05) is 18.3 Å². The first-order valence-corrected chi connectivity index (χ1v) is 6.88. The fourth-order valence-corrected chi connectivity index (χ4v) is 2.54. The molecule has 18 heavy (non-hydrogen) atoms. The van der Waals surface area contributed by atoms with E-state index in [0.29, 0.717) is 11.8 Å². The molecule has 0 saturated carbocycles. The standard InChI is InChI=1S/C14H18N2OS/c1-10(7-12-3-5-13(17)6-4-12)15-9-14-16-8-11(2)18-14/h3-6,8,10,15,17H,7,9H2,1-2H3. The van der Waals surface area contributed by atoms with Crippen molar-refractivity contribution >= 4 is 11.3 Å². The third-order valence-corrected chi connectivity index (χ3v) is 3.66. The quantitative estimate of drug-likeness (QED) is 0.871. The Hall–Kier alpha value is -1.39. The van der Waals surface area contributed by atoms with Gasteiger partial charge in [0.2, 0.25) is 0 Å². The van der Waals surface area contributed by atoms with Crippen molar-refractivity contribution in [2.24, 2.45) is 0 Å². The Labute approximate surface area is 112 Å². The van der Waals surface area contributed by atoms with Crippen molar-refractivity contribution in [3.8, 4) is 5.75 Å². The lowest BCUT2D eigenvalue weighted by molar-refractivity contribution is 0.474. The van der Waals surface area contributed by atoms with Crippen molar-refractivity contribution in [2.75, 3.05) is 0 Å². The summed E-state index contributed by atoms with van der Waals surface area (Å²) < 4.78 is 0. The zero-order chi connectivity index (χ0) is 13.0. The lowest BCUT2D eigenvalue weighted by atomic mass is 10.1. The summed E-state index contributed by atoms with van der Waals surface area (Å²) in [7, 11) is 0. The molecular formula is C14H18N2OS. The second-order valence-corrected chi connectivity index (χ2v) is 5.84. The molecule has 0 bridgehead atoms. The van der Waals surface area contributed by atoms with Gasteiger partial charge >= 0.3 is 0 Å². The average molecular weight is 262 g/mol. The first-order chi connectivity index (χ1) is 8.63. The Bertz CT molecular complexity index is 493. The number of phenolic OH excluding ortho intramolecular Hbond substituents is 1. The van der Waals surface area contributed by atoms with Crippen molar-refractivity contribution in [3.05, 3.63) is 45.9 Å². The van der Waals surface area contributed by atoms with Crippen molar-refractivity contribution in [1.29, 1.82) is 0 Å². The van der Waals surface area contributed by atoms with Crippen LogP contribution in [0.15, 0.2) is 30.5 Å². The highest BCUT2D eigenvalue weighted by molar-refractivity contribution is 7.11. The highest BCUT2D eigenvalue weighted by Gasteiger charge is 2.05. The van der Waals surface area contributed by atoms with Crippen LogP contribution in [0, 0.1) is 6.92 Å². The summed E-state index contributed by atoms with van der Waals surface area (Å²) in [5, 5.41) is 13.8. The molecule has 0 aliphatic heterocycles. The first kappa shape index (κ1) is 13.1. The SMILES string of the molecule is Cc1cnc(CNC(C)Cc2ccc(O)cc2)s1. The van der Waals surface area contributed by atoms with Gasteiger partial charge in [0.1, 0.15) is 10.8 Å². The van der Waals surface area contributed by atoms with Gasteiger partial charge in [-0.3, -0.25) is 0 Å². The van der Waals surface area contributed by atoms with Crippen LogP contribution in [0.25, 0.3) is 0 Å². The van der Waals surface area contributed by atoms with Crippen LogP contribution in [-0.2, 0) is 13.0 Å². The van der Waals surface area contributed by atoms with E-state index >= 15 is 0 Å². The van der Waals surface area contributed by atoms with Gasteiger partial charge < -0.3 is 10.4 Å². The number of nitrogens with zero attached hydrogens (tertiary/aromatic N) is 1. The second-order valence-electron chi connectivity index (χ2n) is 4.52. The van der Waals surface area contributed by atoms with E-state index in [2.05, 4.69) is 24.1 Å². The molecule has 0 aliphatic rings. The Morgan fingerprint density at radius 2 is 2.06 bits per heavy atom. The summed E-state index contributed by atoms with van der Waals surface area (Å²) in [4.78, 5) is 5.58. The number of aryl methyl sites for hydroxylation is 1. The van der Waals surface area contributed by atoms with Crippen molar-refractivity contribution in [3.63, 3.8) is 0 Å². The van der Waals surface area contributed by atoms with Gasteiger partial charge in [-0.05, 0) is 38.0 Å². The van der Waals surface area contributed by atoms with Crippen molar-refractivity contribution in [2.45, 2.75) is 32.9 Å². The number of hydrogen-bond donors (Lipinski definition) is 2. The highest BCUT2D eigenvalue weighted by Crippen LogP contribution is 2.13. The minimum atomic E-state index is 0.317. The molecule has 4 heteroatoms. The zero-order valence-corrected chi connectivity index (χ0v) is 11.5. The monoisotopic (exact) mass is 262 g/mol. The number of aromatic hydroxyl groups is 1. The van der Waals surface area contributed by atoms with E-state index < -0.39 is 0 Å². The maximum absolute atomic E-state index is 9.22. The molecular weight excluding hydrogens is 244 g/mol. The second kappa shape index (κ2) is 5.98. The molecule has 96 valence electrons. The molecule has 2 N–H and O–H groups in total. The summed E-state index contributed by atoms with van der Waals surface area (Å²) in [6, 6.07) is 7.76.